The zero-order valence-electron chi connectivity index (χ0n) is 15.4. The fourth-order valence-corrected chi connectivity index (χ4v) is 3.11. The molecule has 0 aromatic heterocycles. The summed E-state index contributed by atoms with van der Waals surface area (Å²) in [6, 6.07) is 0. The zero-order valence-corrected chi connectivity index (χ0v) is 15.4. The number of aliphatic hydroxyl groups excluding tert-OH is 1. The third kappa shape index (κ3) is 7.27. The number of hydrogen-bond donors (Lipinski definition) is 1. The summed E-state index contributed by atoms with van der Waals surface area (Å²) in [5, 5.41) is 9.37. The summed E-state index contributed by atoms with van der Waals surface area (Å²) >= 11 is 0. The van der Waals surface area contributed by atoms with E-state index in [1.807, 2.05) is 20.8 Å². The van der Waals surface area contributed by atoms with Crippen molar-refractivity contribution in [1.82, 2.24) is 0 Å². The van der Waals surface area contributed by atoms with Gasteiger partial charge in [-0.2, -0.15) is 0 Å². The molecule has 0 bridgehead atoms. The normalized spacial score (nSPS) is 26.2. The SMILES string of the molecule is CCC(O)C#CC#CCC1OC(C)(C)OC1CCCCCC1CC1. The Morgan fingerprint density at radius 1 is 1.04 bits per heavy atom. The molecule has 1 saturated heterocycles. The molecule has 0 amide bonds. The Kier molecular flexibility index (Phi) is 7.63. The van der Waals surface area contributed by atoms with Crippen molar-refractivity contribution in [3.63, 3.8) is 0 Å². The molecule has 0 aromatic carbocycles. The van der Waals surface area contributed by atoms with Crippen molar-refractivity contribution in [2.75, 3.05) is 0 Å². The first kappa shape index (κ1) is 19.3. The zero-order chi connectivity index (χ0) is 17.4. The molecule has 2 fully saturated rings. The Labute approximate surface area is 147 Å². The van der Waals surface area contributed by atoms with Crippen LogP contribution < -0.4 is 0 Å². The van der Waals surface area contributed by atoms with Crippen LogP contribution in [0.25, 0.3) is 0 Å². The molecule has 3 atom stereocenters. The first-order valence-corrected chi connectivity index (χ1v) is 9.52. The maximum absolute atomic E-state index is 9.37. The average molecular weight is 332 g/mol. The minimum atomic E-state index is -0.576. The third-order valence-electron chi connectivity index (χ3n) is 4.66. The van der Waals surface area contributed by atoms with Gasteiger partial charge in [0, 0.05) is 6.42 Å². The second-order valence-electron chi connectivity index (χ2n) is 7.49. The van der Waals surface area contributed by atoms with Crippen molar-refractivity contribution in [2.45, 2.75) is 103 Å². The van der Waals surface area contributed by atoms with Gasteiger partial charge in [0.1, 0.15) is 6.10 Å². The van der Waals surface area contributed by atoms with E-state index < -0.39 is 11.9 Å². The minimum Gasteiger partial charge on any atom is -0.380 e. The molecular weight excluding hydrogens is 300 g/mol. The molecular formula is C21H32O3. The van der Waals surface area contributed by atoms with Gasteiger partial charge in [0.05, 0.1) is 12.2 Å². The molecule has 1 N–H and O–H groups in total. The van der Waals surface area contributed by atoms with Gasteiger partial charge < -0.3 is 14.6 Å². The highest BCUT2D eigenvalue weighted by atomic mass is 16.7. The van der Waals surface area contributed by atoms with E-state index in [9.17, 15) is 5.11 Å². The second-order valence-corrected chi connectivity index (χ2v) is 7.49. The summed E-state index contributed by atoms with van der Waals surface area (Å²) < 4.78 is 12.0. The van der Waals surface area contributed by atoms with E-state index in [1.54, 1.807) is 0 Å². The Morgan fingerprint density at radius 3 is 2.46 bits per heavy atom. The van der Waals surface area contributed by atoms with E-state index in [-0.39, 0.29) is 12.2 Å². The van der Waals surface area contributed by atoms with Gasteiger partial charge in [0.25, 0.3) is 0 Å². The molecule has 134 valence electrons. The summed E-state index contributed by atoms with van der Waals surface area (Å²) in [4.78, 5) is 0. The van der Waals surface area contributed by atoms with Crippen molar-refractivity contribution in [3.05, 3.63) is 0 Å². The monoisotopic (exact) mass is 332 g/mol. The lowest BCUT2D eigenvalue weighted by Gasteiger charge is -2.16. The van der Waals surface area contributed by atoms with E-state index >= 15 is 0 Å². The van der Waals surface area contributed by atoms with Gasteiger partial charge in [-0.05, 0) is 44.4 Å². The lowest BCUT2D eigenvalue weighted by atomic mass is 10.0. The van der Waals surface area contributed by atoms with Gasteiger partial charge in [0.15, 0.2) is 5.79 Å². The number of unbranched alkanes of at least 4 members (excludes halogenated alkanes) is 2. The van der Waals surface area contributed by atoms with Crippen molar-refractivity contribution in [2.24, 2.45) is 5.92 Å². The molecule has 2 rings (SSSR count). The van der Waals surface area contributed by atoms with Crippen LogP contribution in [0.4, 0.5) is 0 Å². The molecule has 0 radical (unpaired) electrons. The fraction of sp³-hybridized carbons (Fsp3) is 0.810. The van der Waals surface area contributed by atoms with Crippen LogP contribution in [0.15, 0.2) is 0 Å². The van der Waals surface area contributed by atoms with Gasteiger partial charge in [-0.3, -0.25) is 0 Å². The first-order valence-electron chi connectivity index (χ1n) is 9.52. The van der Waals surface area contributed by atoms with Gasteiger partial charge in [0.2, 0.25) is 0 Å². The minimum absolute atomic E-state index is 0.0221. The Hall–Kier alpha value is -1.00. The fourth-order valence-electron chi connectivity index (χ4n) is 3.11. The molecule has 3 nitrogen and oxygen atoms in total. The van der Waals surface area contributed by atoms with Crippen LogP contribution in [-0.4, -0.2) is 29.2 Å². The maximum atomic E-state index is 9.37. The van der Waals surface area contributed by atoms with Crippen LogP contribution >= 0.6 is 0 Å². The molecule has 3 heteroatoms. The quantitative estimate of drug-likeness (QED) is 0.539. The first-order chi connectivity index (χ1) is 11.5. The van der Waals surface area contributed by atoms with Gasteiger partial charge in [-0.15, -0.1) is 0 Å². The predicted molar refractivity (Wildman–Crippen MR) is 96.1 cm³/mol. The summed E-state index contributed by atoms with van der Waals surface area (Å²) in [6.07, 6.45) is 10.0. The third-order valence-corrected chi connectivity index (χ3v) is 4.66. The van der Waals surface area contributed by atoms with Crippen LogP contribution in [0.5, 0.6) is 0 Å². The van der Waals surface area contributed by atoms with E-state index in [1.165, 1.54) is 38.5 Å². The number of rotatable bonds is 8. The molecule has 2 aliphatic rings. The molecule has 1 aliphatic carbocycles. The van der Waals surface area contributed by atoms with E-state index in [0.29, 0.717) is 12.8 Å². The van der Waals surface area contributed by atoms with Crippen LogP contribution in [-0.2, 0) is 9.47 Å². The average Bonchev–Trinajstić information content (AvgIpc) is 3.30. The second kappa shape index (κ2) is 9.47. The van der Waals surface area contributed by atoms with Crippen molar-refractivity contribution >= 4 is 0 Å². The largest absolute Gasteiger partial charge is 0.380 e. The number of hydrogen-bond acceptors (Lipinski definition) is 3. The van der Waals surface area contributed by atoms with Crippen molar-refractivity contribution in [1.29, 1.82) is 0 Å². The van der Waals surface area contributed by atoms with Gasteiger partial charge in [-0.25, -0.2) is 0 Å². The lowest BCUT2D eigenvalue weighted by Crippen LogP contribution is -2.21. The van der Waals surface area contributed by atoms with Crippen LogP contribution in [0, 0.1) is 29.6 Å². The lowest BCUT2D eigenvalue weighted by molar-refractivity contribution is -0.146. The van der Waals surface area contributed by atoms with Crippen LogP contribution in [0.1, 0.15) is 78.6 Å². The summed E-state index contributed by atoms with van der Waals surface area (Å²) in [5.74, 6) is 11.8. The molecule has 3 unspecified atom stereocenters. The molecule has 24 heavy (non-hydrogen) atoms. The maximum Gasteiger partial charge on any atom is 0.163 e. The standard InChI is InChI=1S/C21H32O3/c1-4-18(22)12-8-6-10-14-20-19(23-21(2,3)24-20)13-9-5-7-11-17-15-16-17/h17-20,22H,4-5,7,9,11,13-16H2,1-3H3. The van der Waals surface area contributed by atoms with E-state index in [2.05, 4.69) is 23.7 Å². The Bertz CT molecular complexity index is 499. The number of aliphatic hydroxyl groups is 1. The summed E-state index contributed by atoms with van der Waals surface area (Å²) in [6.45, 7) is 5.84. The molecule has 1 heterocycles. The van der Waals surface area contributed by atoms with Crippen LogP contribution in [0.3, 0.4) is 0 Å². The molecule has 0 aromatic rings. The van der Waals surface area contributed by atoms with Crippen LogP contribution in [0.2, 0.25) is 0 Å². The molecule has 1 aliphatic heterocycles. The van der Waals surface area contributed by atoms with E-state index in [4.69, 9.17) is 9.47 Å². The van der Waals surface area contributed by atoms with Gasteiger partial charge in [-0.1, -0.05) is 57.3 Å². The smallest absolute Gasteiger partial charge is 0.163 e. The Morgan fingerprint density at radius 2 is 1.75 bits per heavy atom. The topological polar surface area (TPSA) is 38.7 Å². The van der Waals surface area contributed by atoms with Gasteiger partial charge >= 0.3 is 0 Å². The highest BCUT2D eigenvalue weighted by molar-refractivity contribution is 5.27. The highest BCUT2D eigenvalue weighted by Gasteiger charge is 2.40. The molecule has 1 saturated carbocycles. The predicted octanol–water partition coefficient (Wildman–Crippen LogP) is 4.03. The summed E-state index contributed by atoms with van der Waals surface area (Å²) in [7, 11) is 0. The summed E-state index contributed by atoms with van der Waals surface area (Å²) in [5.41, 5.74) is 0. The highest BCUT2D eigenvalue weighted by Crippen LogP contribution is 2.35. The van der Waals surface area contributed by atoms with Crippen molar-refractivity contribution < 1.29 is 14.6 Å². The van der Waals surface area contributed by atoms with Crippen molar-refractivity contribution in [3.8, 4) is 23.7 Å². The van der Waals surface area contributed by atoms with E-state index in [0.717, 1.165) is 12.3 Å². The molecule has 0 spiro atoms. The number of ether oxygens (including phenoxy) is 2. The Balaban J connectivity index is 1.72.